The smallest absolute Gasteiger partial charge is 0.291 e. The van der Waals surface area contributed by atoms with Crippen LogP contribution in [-0.2, 0) is 10.0 Å². The van der Waals surface area contributed by atoms with Crippen molar-refractivity contribution >= 4 is 15.9 Å². The second-order valence-electron chi connectivity index (χ2n) is 5.59. The fraction of sp³-hybridized carbons (Fsp3) is 0.692. The normalized spacial score (nSPS) is 26.1. The first-order valence-corrected chi connectivity index (χ1v) is 8.79. The third kappa shape index (κ3) is 2.69. The van der Waals surface area contributed by atoms with Crippen LogP contribution in [0.1, 0.15) is 35.5 Å². The first-order chi connectivity index (χ1) is 9.99. The summed E-state index contributed by atoms with van der Waals surface area (Å²) in [5.74, 6) is 0.268. The highest BCUT2D eigenvalue weighted by Gasteiger charge is 2.38. The highest BCUT2D eigenvalue weighted by Crippen LogP contribution is 2.25. The fourth-order valence-electron chi connectivity index (χ4n) is 3.09. The van der Waals surface area contributed by atoms with Crippen molar-refractivity contribution in [3.63, 3.8) is 0 Å². The first kappa shape index (κ1) is 14.5. The van der Waals surface area contributed by atoms with Crippen molar-refractivity contribution in [2.75, 3.05) is 25.4 Å². The Labute approximate surface area is 124 Å². The number of rotatable bonds is 2. The lowest BCUT2D eigenvalue weighted by Crippen LogP contribution is -2.50. The number of likely N-dealkylation sites (tertiary alicyclic amines) is 1. The topological polar surface area (TPSA) is 83.7 Å². The van der Waals surface area contributed by atoms with E-state index in [0.29, 0.717) is 31.7 Å². The van der Waals surface area contributed by atoms with Gasteiger partial charge in [0.15, 0.2) is 6.39 Å². The Bertz CT molecular complexity index is 640. The van der Waals surface area contributed by atoms with Crippen molar-refractivity contribution in [2.45, 2.75) is 32.2 Å². The average molecular weight is 313 g/mol. The van der Waals surface area contributed by atoms with E-state index in [0.717, 1.165) is 12.8 Å². The molecule has 2 aliphatic rings. The fourth-order valence-corrected chi connectivity index (χ4v) is 4.86. The quantitative estimate of drug-likeness (QED) is 0.799. The number of sulfonamides is 1. The summed E-state index contributed by atoms with van der Waals surface area (Å²) >= 11 is 0. The van der Waals surface area contributed by atoms with Gasteiger partial charge in [0.05, 0.1) is 11.4 Å². The molecule has 7 nitrogen and oxygen atoms in total. The molecule has 2 aliphatic heterocycles. The van der Waals surface area contributed by atoms with Crippen molar-refractivity contribution in [2.24, 2.45) is 0 Å². The summed E-state index contributed by atoms with van der Waals surface area (Å²) in [4.78, 5) is 18.0. The highest BCUT2D eigenvalue weighted by molar-refractivity contribution is 7.89. The summed E-state index contributed by atoms with van der Waals surface area (Å²) in [6, 6.07) is -0.113. The molecule has 1 atom stereocenters. The van der Waals surface area contributed by atoms with Crippen molar-refractivity contribution in [1.29, 1.82) is 0 Å². The van der Waals surface area contributed by atoms with Crippen LogP contribution >= 0.6 is 0 Å². The van der Waals surface area contributed by atoms with Crippen LogP contribution in [0.15, 0.2) is 10.8 Å². The highest BCUT2D eigenvalue weighted by atomic mass is 32.2. The van der Waals surface area contributed by atoms with Gasteiger partial charge in [-0.2, -0.15) is 4.31 Å². The second kappa shape index (κ2) is 5.42. The zero-order valence-corrected chi connectivity index (χ0v) is 12.8. The molecule has 3 rings (SSSR count). The number of oxazole rings is 1. The lowest BCUT2D eigenvalue weighted by atomic mass is 10.1. The molecule has 0 spiro atoms. The molecule has 1 aromatic rings. The van der Waals surface area contributed by atoms with Crippen LogP contribution in [-0.4, -0.2) is 59.9 Å². The lowest BCUT2D eigenvalue weighted by molar-refractivity contribution is 0.0626. The van der Waals surface area contributed by atoms with Crippen molar-refractivity contribution in [1.82, 2.24) is 14.2 Å². The maximum absolute atomic E-state index is 12.4. The van der Waals surface area contributed by atoms with E-state index in [1.807, 2.05) is 0 Å². The van der Waals surface area contributed by atoms with Gasteiger partial charge in [-0.3, -0.25) is 4.79 Å². The van der Waals surface area contributed by atoms with E-state index < -0.39 is 10.0 Å². The third-order valence-corrected chi connectivity index (χ3v) is 6.17. The Hall–Kier alpha value is -1.41. The van der Waals surface area contributed by atoms with Crippen LogP contribution in [0.25, 0.3) is 0 Å². The molecule has 8 heteroatoms. The number of hydrogen-bond acceptors (Lipinski definition) is 5. The van der Waals surface area contributed by atoms with Crippen LogP contribution in [0.2, 0.25) is 0 Å². The number of hydrogen-bond donors (Lipinski definition) is 0. The van der Waals surface area contributed by atoms with Gasteiger partial charge in [-0.15, -0.1) is 0 Å². The molecule has 0 aliphatic carbocycles. The largest absolute Gasteiger partial charge is 0.438 e. The standard InChI is InChI=1S/C13H19N3O4S/c1-10-12(20-9-14-10)13(17)15-5-2-4-11(8-15)16-6-3-7-21(16,18)19/h9,11H,2-8H2,1H3. The number of carbonyl (C=O) groups is 1. The Morgan fingerprint density at radius 1 is 1.38 bits per heavy atom. The maximum Gasteiger partial charge on any atom is 0.291 e. The molecule has 1 unspecified atom stereocenters. The van der Waals surface area contributed by atoms with Crippen molar-refractivity contribution < 1.29 is 17.6 Å². The maximum atomic E-state index is 12.4. The summed E-state index contributed by atoms with van der Waals surface area (Å²) < 4.78 is 30.7. The predicted molar refractivity (Wildman–Crippen MR) is 75.3 cm³/mol. The summed E-state index contributed by atoms with van der Waals surface area (Å²) in [6.07, 6.45) is 3.54. The number of aromatic nitrogens is 1. The van der Waals surface area contributed by atoms with Crippen LogP contribution in [0, 0.1) is 6.92 Å². The van der Waals surface area contributed by atoms with Crippen LogP contribution in [0.3, 0.4) is 0 Å². The molecule has 1 aromatic heterocycles. The zero-order valence-electron chi connectivity index (χ0n) is 12.0. The predicted octanol–water partition coefficient (Wildman–Crippen LogP) is 0.623. The summed E-state index contributed by atoms with van der Waals surface area (Å²) in [7, 11) is -3.14. The minimum absolute atomic E-state index is 0.113. The second-order valence-corrected chi connectivity index (χ2v) is 7.64. The van der Waals surface area contributed by atoms with Gasteiger partial charge in [0, 0.05) is 25.7 Å². The number of amides is 1. The molecule has 1 amide bonds. The van der Waals surface area contributed by atoms with Gasteiger partial charge in [0.25, 0.3) is 5.91 Å². The van der Waals surface area contributed by atoms with Crippen LogP contribution in [0.5, 0.6) is 0 Å². The molecule has 0 saturated carbocycles. The number of nitrogens with zero attached hydrogens (tertiary/aromatic N) is 3. The van der Waals surface area contributed by atoms with E-state index in [-0.39, 0.29) is 23.5 Å². The van der Waals surface area contributed by atoms with E-state index in [1.54, 1.807) is 16.1 Å². The minimum Gasteiger partial charge on any atom is -0.438 e. The number of carbonyl (C=O) groups excluding carboxylic acids is 1. The SMILES string of the molecule is Cc1ncoc1C(=O)N1CCCC(N2CCCS2(=O)=O)C1. The molecule has 0 radical (unpaired) electrons. The van der Waals surface area contributed by atoms with Gasteiger partial charge in [0.1, 0.15) is 0 Å². The first-order valence-electron chi connectivity index (χ1n) is 7.18. The summed E-state index contributed by atoms with van der Waals surface area (Å²) in [5.41, 5.74) is 0.566. The average Bonchev–Trinajstić information content (AvgIpc) is 3.03. The third-order valence-electron chi connectivity index (χ3n) is 4.17. The molecule has 2 saturated heterocycles. The molecule has 2 fully saturated rings. The molecular formula is C13H19N3O4S. The van der Waals surface area contributed by atoms with Gasteiger partial charge in [0.2, 0.25) is 15.8 Å². The monoisotopic (exact) mass is 313 g/mol. The minimum atomic E-state index is -3.14. The van der Waals surface area contributed by atoms with Gasteiger partial charge < -0.3 is 9.32 Å². The van der Waals surface area contributed by atoms with E-state index >= 15 is 0 Å². The Morgan fingerprint density at radius 3 is 2.81 bits per heavy atom. The van der Waals surface area contributed by atoms with Crippen molar-refractivity contribution in [3.8, 4) is 0 Å². The van der Waals surface area contributed by atoms with Crippen molar-refractivity contribution in [3.05, 3.63) is 17.8 Å². The Morgan fingerprint density at radius 2 is 2.19 bits per heavy atom. The Kier molecular flexibility index (Phi) is 3.75. The van der Waals surface area contributed by atoms with Crippen LogP contribution in [0.4, 0.5) is 0 Å². The number of aryl methyl sites for hydroxylation is 1. The lowest BCUT2D eigenvalue weighted by Gasteiger charge is -2.36. The van der Waals surface area contributed by atoms with E-state index in [1.165, 1.54) is 6.39 Å². The van der Waals surface area contributed by atoms with Gasteiger partial charge in [-0.25, -0.2) is 13.4 Å². The molecule has 0 N–H and O–H groups in total. The van der Waals surface area contributed by atoms with Gasteiger partial charge in [-0.1, -0.05) is 0 Å². The number of piperidine rings is 1. The molecule has 0 aromatic carbocycles. The van der Waals surface area contributed by atoms with E-state index in [2.05, 4.69) is 4.98 Å². The molecule has 116 valence electrons. The van der Waals surface area contributed by atoms with Gasteiger partial charge in [-0.05, 0) is 26.2 Å². The summed E-state index contributed by atoms with van der Waals surface area (Å²) in [5, 5.41) is 0. The van der Waals surface area contributed by atoms with Crippen LogP contribution < -0.4 is 0 Å². The Balaban J connectivity index is 1.74. The molecule has 21 heavy (non-hydrogen) atoms. The zero-order chi connectivity index (χ0) is 15.0. The van der Waals surface area contributed by atoms with E-state index in [9.17, 15) is 13.2 Å². The molecule has 0 bridgehead atoms. The molecule has 3 heterocycles. The summed E-state index contributed by atoms with van der Waals surface area (Å²) in [6.45, 7) is 3.35. The molecular weight excluding hydrogens is 294 g/mol. The van der Waals surface area contributed by atoms with E-state index in [4.69, 9.17) is 4.42 Å². The van der Waals surface area contributed by atoms with Gasteiger partial charge >= 0.3 is 0 Å².